The van der Waals surface area contributed by atoms with E-state index in [9.17, 15) is 9.59 Å². The van der Waals surface area contributed by atoms with Gasteiger partial charge in [-0.2, -0.15) is 0 Å². The van der Waals surface area contributed by atoms with Crippen LogP contribution < -0.4 is 20.3 Å². The van der Waals surface area contributed by atoms with E-state index in [4.69, 9.17) is 17.0 Å². The Labute approximate surface area is 233 Å². The van der Waals surface area contributed by atoms with Gasteiger partial charge in [0.25, 0.3) is 11.8 Å². The molecule has 1 heterocycles. The number of hydrogen-bond donors (Lipinski definition) is 2. The molecule has 0 atom stereocenters. The maximum absolute atomic E-state index is 13.0. The number of amides is 2. The summed E-state index contributed by atoms with van der Waals surface area (Å²) in [6.07, 6.45) is 0. The number of nitrogens with one attached hydrogen (secondary N) is 2. The van der Waals surface area contributed by atoms with Gasteiger partial charge in [0.2, 0.25) is 0 Å². The number of hydrogen-bond acceptors (Lipinski definition) is 5. The van der Waals surface area contributed by atoms with Crippen molar-refractivity contribution < 1.29 is 14.3 Å². The first-order valence-electron chi connectivity index (χ1n) is 12.8. The molecular weight excluding hydrogens is 508 g/mol. The van der Waals surface area contributed by atoms with Crippen molar-refractivity contribution in [1.29, 1.82) is 0 Å². The lowest BCUT2D eigenvalue weighted by Gasteiger charge is -2.36. The Morgan fingerprint density at radius 1 is 0.846 bits per heavy atom. The fourth-order valence-electron chi connectivity index (χ4n) is 4.70. The molecule has 1 aliphatic heterocycles. The number of carbonyl (C=O) groups is 2. The molecule has 4 aromatic rings. The number of thiocarbonyl (C=S) groups is 1. The van der Waals surface area contributed by atoms with Crippen LogP contribution in [0.1, 0.15) is 26.3 Å². The summed E-state index contributed by atoms with van der Waals surface area (Å²) in [5.74, 6) is 0.217. The maximum atomic E-state index is 13.0. The largest absolute Gasteiger partial charge is 0.496 e. The van der Waals surface area contributed by atoms with Gasteiger partial charge < -0.3 is 19.9 Å². The summed E-state index contributed by atoms with van der Waals surface area (Å²) < 4.78 is 5.44. The minimum absolute atomic E-state index is 0.0751. The van der Waals surface area contributed by atoms with E-state index in [0.717, 1.165) is 46.4 Å². The molecular formula is C31H30N4O3S. The molecule has 2 N–H and O–H groups in total. The highest BCUT2D eigenvalue weighted by Gasteiger charge is 2.22. The van der Waals surface area contributed by atoms with Gasteiger partial charge in [-0.05, 0) is 78.4 Å². The second-order valence-electron chi connectivity index (χ2n) is 9.50. The first-order valence-corrected chi connectivity index (χ1v) is 13.2. The fraction of sp³-hybridized carbons (Fsp3) is 0.194. The highest BCUT2D eigenvalue weighted by atomic mass is 32.1. The van der Waals surface area contributed by atoms with Crippen molar-refractivity contribution in [1.82, 2.24) is 10.2 Å². The minimum atomic E-state index is -0.343. The van der Waals surface area contributed by atoms with Gasteiger partial charge in [0, 0.05) is 43.1 Å². The van der Waals surface area contributed by atoms with E-state index < -0.39 is 0 Å². The molecule has 0 saturated carbocycles. The lowest BCUT2D eigenvalue weighted by atomic mass is 10.1. The van der Waals surface area contributed by atoms with Crippen LogP contribution in [0.3, 0.4) is 0 Å². The van der Waals surface area contributed by atoms with Crippen LogP contribution in [0.15, 0.2) is 84.9 Å². The predicted molar refractivity (Wildman–Crippen MR) is 160 cm³/mol. The van der Waals surface area contributed by atoms with Crippen molar-refractivity contribution in [3.8, 4) is 5.75 Å². The molecule has 0 unspecified atom stereocenters. The Kier molecular flexibility index (Phi) is 7.74. The molecule has 0 spiro atoms. The Morgan fingerprint density at radius 3 is 2.13 bits per heavy atom. The SMILES string of the molecule is COc1cc2ccccc2cc1C(=O)NC(=S)Nc1ccc(N2CCN(C(=O)c3ccc(C)cc3)CC2)cc1. The Balaban J connectivity index is 1.16. The molecule has 4 aromatic carbocycles. The Hall–Kier alpha value is -4.43. The fourth-order valence-corrected chi connectivity index (χ4v) is 4.91. The number of fused-ring (bicyclic) bond motifs is 1. The number of methoxy groups -OCH3 is 1. The van der Waals surface area contributed by atoms with Gasteiger partial charge in [0.15, 0.2) is 5.11 Å². The summed E-state index contributed by atoms with van der Waals surface area (Å²) in [7, 11) is 1.54. The van der Waals surface area contributed by atoms with Gasteiger partial charge in [-0.3, -0.25) is 14.9 Å². The van der Waals surface area contributed by atoms with E-state index in [-0.39, 0.29) is 16.9 Å². The monoisotopic (exact) mass is 538 g/mol. The Bertz CT molecular complexity index is 1510. The molecule has 0 aliphatic carbocycles. The van der Waals surface area contributed by atoms with E-state index in [1.165, 1.54) is 0 Å². The van der Waals surface area contributed by atoms with E-state index in [2.05, 4.69) is 15.5 Å². The van der Waals surface area contributed by atoms with Gasteiger partial charge in [-0.1, -0.05) is 42.0 Å². The molecule has 7 nitrogen and oxygen atoms in total. The quantitative estimate of drug-likeness (QED) is 0.339. The number of ether oxygens (including phenoxy) is 1. The second kappa shape index (κ2) is 11.5. The summed E-state index contributed by atoms with van der Waals surface area (Å²) in [6, 6.07) is 27.0. The van der Waals surface area contributed by atoms with Crippen LogP contribution in [0.2, 0.25) is 0 Å². The number of aryl methyl sites for hydroxylation is 1. The first-order chi connectivity index (χ1) is 18.9. The molecule has 5 rings (SSSR count). The normalized spacial score (nSPS) is 13.2. The smallest absolute Gasteiger partial charge is 0.261 e. The average molecular weight is 539 g/mol. The van der Waals surface area contributed by atoms with Crippen molar-refractivity contribution in [3.05, 3.63) is 102 Å². The molecule has 1 aliphatic rings. The van der Waals surface area contributed by atoms with Crippen LogP contribution in [-0.4, -0.2) is 55.1 Å². The van der Waals surface area contributed by atoms with Crippen molar-refractivity contribution in [2.45, 2.75) is 6.92 Å². The molecule has 2 amide bonds. The van der Waals surface area contributed by atoms with Crippen LogP contribution >= 0.6 is 12.2 Å². The van der Waals surface area contributed by atoms with Crippen LogP contribution in [0.4, 0.5) is 11.4 Å². The molecule has 1 saturated heterocycles. The van der Waals surface area contributed by atoms with Crippen LogP contribution in [0, 0.1) is 6.92 Å². The van der Waals surface area contributed by atoms with Gasteiger partial charge in [0.05, 0.1) is 12.7 Å². The highest BCUT2D eigenvalue weighted by Crippen LogP contribution is 2.26. The van der Waals surface area contributed by atoms with Crippen LogP contribution in [-0.2, 0) is 0 Å². The summed E-state index contributed by atoms with van der Waals surface area (Å²) in [6.45, 7) is 4.86. The molecule has 1 fully saturated rings. The number of carbonyl (C=O) groups excluding carboxylic acids is 2. The topological polar surface area (TPSA) is 73.9 Å². The van der Waals surface area contributed by atoms with E-state index in [0.29, 0.717) is 24.4 Å². The summed E-state index contributed by atoms with van der Waals surface area (Å²) in [5, 5.41) is 7.96. The zero-order chi connectivity index (χ0) is 27.4. The third-order valence-corrected chi connectivity index (χ3v) is 7.10. The van der Waals surface area contributed by atoms with E-state index in [1.807, 2.05) is 90.7 Å². The molecule has 39 heavy (non-hydrogen) atoms. The maximum Gasteiger partial charge on any atom is 0.261 e. The molecule has 0 radical (unpaired) electrons. The molecule has 8 heteroatoms. The van der Waals surface area contributed by atoms with Gasteiger partial charge in [-0.15, -0.1) is 0 Å². The van der Waals surface area contributed by atoms with Crippen molar-refractivity contribution in [3.63, 3.8) is 0 Å². The van der Waals surface area contributed by atoms with Gasteiger partial charge in [-0.25, -0.2) is 0 Å². The summed E-state index contributed by atoms with van der Waals surface area (Å²) in [5.41, 5.74) is 4.12. The van der Waals surface area contributed by atoms with Gasteiger partial charge >= 0.3 is 0 Å². The van der Waals surface area contributed by atoms with Crippen molar-refractivity contribution in [2.75, 3.05) is 43.5 Å². The standard InChI is InChI=1S/C31H30N4O3S/c1-21-7-9-22(10-8-21)30(37)35-17-15-34(16-18-35)26-13-11-25(12-14-26)32-31(39)33-29(36)27-19-23-5-3-4-6-24(23)20-28(27)38-2/h3-14,19-20H,15-18H2,1-2H3,(H2,32,33,36,39). The second-order valence-corrected chi connectivity index (χ2v) is 9.91. The highest BCUT2D eigenvalue weighted by molar-refractivity contribution is 7.80. The van der Waals surface area contributed by atoms with Crippen LogP contribution in [0.25, 0.3) is 10.8 Å². The zero-order valence-electron chi connectivity index (χ0n) is 21.9. The lowest BCUT2D eigenvalue weighted by Crippen LogP contribution is -2.48. The number of benzene rings is 4. The lowest BCUT2D eigenvalue weighted by molar-refractivity contribution is 0.0746. The molecule has 0 aromatic heterocycles. The molecule has 0 bridgehead atoms. The third-order valence-electron chi connectivity index (χ3n) is 6.90. The van der Waals surface area contributed by atoms with Crippen molar-refractivity contribution in [2.24, 2.45) is 0 Å². The van der Waals surface area contributed by atoms with Crippen molar-refractivity contribution >= 4 is 51.3 Å². The average Bonchev–Trinajstić information content (AvgIpc) is 2.97. The number of nitrogens with zero attached hydrogens (tertiary/aromatic N) is 2. The summed E-state index contributed by atoms with van der Waals surface area (Å²) in [4.78, 5) is 29.9. The Morgan fingerprint density at radius 2 is 1.49 bits per heavy atom. The van der Waals surface area contributed by atoms with Gasteiger partial charge in [0.1, 0.15) is 5.75 Å². The number of anilines is 2. The first kappa shape index (κ1) is 26.2. The van der Waals surface area contributed by atoms with E-state index in [1.54, 1.807) is 13.2 Å². The minimum Gasteiger partial charge on any atom is -0.496 e. The molecule has 198 valence electrons. The number of rotatable bonds is 5. The van der Waals surface area contributed by atoms with Crippen LogP contribution in [0.5, 0.6) is 5.75 Å². The number of piperazine rings is 1. The predicted octanol–water partition coefficient (Wildman–Crippen LogP) is 5.25. The van der Waals surface area contributed by atoms with E-state index >= 15 is 0 Å². The third kappa shape index (κ3) is 6.02. The summed E-state index contributed by atoms with van der Waals surface area (Å²) >= 11 is 5.40. The zero-order valence-corrected chi connectivity index (χ0v) is 22.8.